The summed E-state index contributed by atoms with van der Waals surface area (Å²) >= 11 is 0. The summed E-state index contributed by atoms with van der Waals surface area (Å²) < 4.78 is 2.43. The molecule has 0 spiro atoms. The van der Waals surface area contributed by atoms with Crippen molar-refractivity contribution in [1.29, 1.82) is 0 Å². The van der Waals surface area contributed by atoms with E-state index >= 15 is 0 Å². The van der Waals surface area contributed by atoms with Gasteiger partial charge in [-0.25, -0.2) is 4.98 Å². The molecule has 0 bridgehead atoms. The normalized spacial score (nSPS) is 18.9. The van der Waals surface area contributed by atoms with Gasteiger partial charge in [0.1, 0.15) is 5.65 Å². The summed E-state index contributed by atoms with van der Waals surface area (Å²) in [5.74, 6) is 0. The fourth-order valence-corrected chi connectivity index (χ4v) is 6.78. The topological polar surface area (TPSA) is 17.3 Å². The Morgan fingerprint density at radius 1 is 0.641 bits per heavy atom. The summed E-state index contributed by atoms with van der Waals surface area (Å²) in [6.07, 6.45) is 14.1. The summed E-state index contributed by atoms with van der Waals surface area (Å²) in [4.78, 5) is 5.12. The Morgan fingerprint density at radius 3 is 1.79 bits per heavy atom. The molecular weight excluding hydrogens is 472 g/mol. The van der Waals surface area contributed by atoms with Gasteiger partial charge in [-0.3, -0.25) is 4.40 Å². The first-order chi connectivity index (χ1) is 18.8. The summed E-state index contributed by atoms with van der Waals surface area (Å²) in [6.45, 7) is 9.59. The van der Waals surface area contributed by atoms with Crippen LogP contribution in [0, 0.1) is 10.8 Å². The van der Waals surface area contributed by atoms with Crippen LogP contribution < -0.4 is 0 Å². The van der Waals surface area contributed by atoms with Crippen molar-refractivity contribution in [3.63, 3.8) is 0 Å². The maximum atomic E-state index is 5.12. The number of imidazole rings is 1. The number of rotatable bonds is 3. The van der Waals surface area contributed by atoms with E-state index in [1.165, 1.54) is 68.0 Å². The van der Waals surface area contributed by atoms with Crippen LogP contribution in [-0.4, -0.2) is 9.38 Å². The molecule has 2 heterocycles. The van der Waals surface area contributed by atoms with Crippen molar-refractivity contribution in [1.82, 2.24) is 9.38 Å². The second kappa shape index (κ2) is 8.95. The highest BCUT2D eigenvalue weighted by Crippen LogP contribution is 2.46. The van der Waals surface area contributed by atoms with Crippen molar-refractivity contribution in [3.05, 3.63) is 96.2 Å². The van der Waals surface area contributed by atoms with Gasteiger partial charge in [-0.05, 0) is 83.1 Å². The van der Waals surface area contributed by atoms with Crippen LogP contribution in [0.2, 0.25) is 0 Å². The van der Waals surface area contributed by atoms with Crippen molar-refractivity contribution in [3.8, 4) is 11.3 Å². The summed E-state index contributed by atoms with van der Waals surface area (Å²) in [7, 11) is 0. The molecule has 2 aliphatic rings. The van der Waals surface area contributed by atoms with E-state index in [1.807, 2.05) is 0 Å². The average Bonchev–Trinajstić information content (AvgIpc) is 3.38. The summed E-state index contributed by atoms with van der Waals surface area (Å²) in [5.41, 5.74) is 11.3. The van der Waals surface area contributed by atoms with Crippen LogP contribution in [0.4, 0.5) is 0 Å². The third-order valence-corrected chi connectivity index (χ3v) is 9.32. The molecule has 0 unspecified atom stereocenters. The quantitative estimate of drug-likeness (QED) is 0.221. The van der Waals surface area contributed by atoms with E-state index in [-0.39, 0.29) is 0 Å². The van der Waals surface area contributed by atoms with Crippen molar-refractivity contribution < 1.29 is 0 Å². The van der Waals surface area contributed by atoms with E-state index in [9.17, 15) is 0 Å². The molecule has 0 radical (unpaired) electrons. The Kier molecular flexibility index (Phi) is 5.60. The molecule has 2 nitrogen and oxygen atoms in total. The first-order valence-corrected chi connectivity index (χ1v) is 14.6. The van der Waals surface area contributed by atoms with Gasteiger partial charge in [-0.2, -0.15) is 0 Å². The van der Waals surface area contributed by atoms with Crippen molar-refractivity contribution in [2.24, 2.45) is 10.8 Å². The highest BCUT2D eigenvalue weighted by Gasteiger charge is 2.28. The molecular formula is C37H38N2. The first kappa shape index (κ1) is 24.4. The number of pyridine rings is 1. The predicted molar refractivity (Wildman–Crippen MR) is 167 cm³/mol. The zero-order valence-electron chi connectivity index (χ0n) is 23.7. The monoisotopic (exact) mass is 510 g/mol. The first-order valence-electron chi connectivity index (χ1n) is 14.6. The number of nitrogens with zero attached hydrogens (tertiary/aromatic N) is 2. The van der Waals surface area contributed by atoms with Gasteiger partial charge in [0.05, 0.1) is 17.4 Å². The molecule has 2 aliphatic carbocycles. The highest BCUT2D eigenvalue weighted by molar-refractivity contribution is 6.12. The lowest BCUT2D eigenvalue weighted by molar-refractivity contribution is 0.335. The van der Waals surface area contributed by atoms with E-state index in [2.05, 4.69) is 117 Å². The minimum atomic E-state index is 0.372. The minimum Gasteiger partial charge on any atom is -0.292 e. The second-order valence-electron chi connectivity index (χ2n) is 13.3. The molecule has 0 aliphatic heterocycles. The van der Waals surface area contributed by atoms with Gasteiger partial charge in [-0.1, -0.05) is 101 Å². The molecule has 2 heteroatoms. The van der Waals surface area contributed by atoms with E-state index in [4.69, 9.17) is 4.98 Å². The minimum absolute atomic E-state index is 0.372. The smallest absolute Gasteiger partial charge is 0.145 e. The fourth-order valence-electron chi connectivity index (χ4n) is 6.78. The Labute approximate surface area is 232 Å². The lowest BCUT2D eigenvalue weighted by Crippen LogP contribution is -2.15. The predicted octanol–water partition coefficient (Wildman–Crippen LogP) is 10.5. The van der Waals surface area contributed by atoms with Crippen LogP contribution in [0.15, 0.2) is 85.1 Å². The molecule has 3 aromatic carbocycles. The van der Waals surface area contributed by atoms with Crippen LogP contribution >= 0.6 is 0 Å². The maximum Gasteiger partial charge on any atom is 0.145 e. The summed E-state index contributed by atoms with van der Waals surface area (Å²) in [6, 6.07) is 24.5. The Hall–Kier alpha value is -3.65. The van der Waals surface area contributed by atoms with Gasteiger partial charge >= 0.3 is 0 Å². The average molecular weight is 511 g/mol. The standard InChI is InChI=1S/C37H38N2/c1-36(2)20-16-25(17-21-36)27-13-9-14-28(26-18-22-37(3,4)23-19-26)34(27)33-24-38-35-31-12-6-5-10-29(31)30-11-7-8-15-32(30)39(33)35/h5-16,18,24H,17,19-23H2,1-4H3. The van der Waals surface area contributed by atoms with Crippen LogP contribution in [0.25, 0.3) is 49.7 Å². The number of hydrogen-bond donors (Lipinski definition) is 0. The fraction of sp³-hybridized carbons (Fsp3) is 0.324. The molecule has 2 aromatic heterocycles. The Morgan fingerprint density at radius 2 is 1.21 bits per heavy atom. The van der Waals surface area contributed by atoms with Gasteiger partial charge in [0, 0.05) is 16.3 Å². The molecule has 196 valence electrons. The number of benzene rings is 3. The molecule has 0 N–H and O–H groups in total. The van der Waals surface area contributed by atoms with Crippen molar-refractivity contribution in [2.45, 2.75) is 66.2 Å². The molecule has 0 fully saturated rings. The molecule has 0 amide bonds. The lowest BCUT2D eigenvalue weighted by atomic mass is 9.74. The van der Waals surface area contributed by atoms with Gasteiger partial charge in [-0.15, -0.1) is 0 Å². The van der Waals surface area contributed by atoms with E-state index in [0.29, 0.717) is 10.8 Å². The second-order valence-corrected chi connectivity index (χ2v) is 13.3. The van der Waals surface area contributed by atoms with E-state index < -0.39 is 0 Å². The van der Waals surface area contributed by atoms with Gasteiger partial charge in [0.2, 0.25) is 0 Å². The number of allylic oxidation sites excluding steroid dienone is 4. The van der Waals surface area contributed by atoms with Crippen LogP contribution in [-0.2, 0) is 0 Å². The lowest BCUT2D eigenvalue weighted by Gasteiger charge is -2.31. The van der Waals surface area contributed by atoms with Crippen LogP contribution in [0.1, 0.15) is 77.3 Å². The largest absolute Gasteiger partial charge is 0.292 e. The van der Waals surface area contributed by atoms with Crippen molar-refractivity contribution >= 4 is 38.5 Å². The SMILES string of the molecule is CC1(C)CC=C(c2cccc(C3=CCC(C)(C)CC3)c2-c2cnc3c4ccccc4c4ccccc4n23)CC1. The molecule has 0 saturated heterocycles. The van der Waals surface area contributed by atoms with E-state index in [1.54, 1.807) is 0 Å². The van der Waals surface area contributed by atoms with Gasteiger partial charge in [0.15, 0.2) is 0 Å². The highest BCUT2D eigenvalue weighted by atomic mass is 15.0. The molecule has 39 heavy (non-hydrogen) atoms. The third-order valence-electron chi connectivity index (χ3n) is 9.32. The molecule has 5 aromatic rings. The summed E-state index contributed by atoms with van der Waals surface area (Å²) in [5, 5.41) is 3.75. The number of fused-ring (bicyclic) bond motifs is 6. The number of aromatic nitrogens is 2. The van der Waals surface area contributed by atoms with Gasteiger partial charge < -0.3 is 0 Å². The maximum absolute atomic E-state index is 5.12. The van der Waals surface area contributed by atoms with Crippen LogP contribution in [0.3, 0.4) is 0 Å². The van der Waals surface area contributed by atoms with Crippen molar-refractivity contribution in [2.75, 3.05) is 0 Å². The van der Waals surface area contributed by atoms with Crippen LogP contribution in [0.5, 0.6) is 0 Å². The molecule has 0 atom stereocenters. The molecule has 7 rings (SSSR count). The Bertz CT molecular complexity index is 1750. The Balaban J connectivity index is 1.55. The number of hydrogen-bond acceptors (Lipinski definition) is 1. The van der Waals surface area contributed by atoms with Gasteiger partial charge in [0.25, 0.3) is 0 Å². The third kappa shape index (κ3) is 4.13. The zero-order chi connectivity index (χ0) is 26.8. The molecule has 0 saturated carbocycles. The van der Waals surface area contributed by atoms with E-state index in [0.717, 1.165) is 31.3 Å². The zero-order valence-corrected chi connectivity index (χ0v) is 23.7. The number of para-hydroxylation sites is 1.